The average Bonchev–Trinajstić information content (AvgIpc) is 3.63. The van der Waals surface area contributed by atoms with E-state index in [1.165, 1.54) is 11.8 Å². The third-order valence-corrected chi connectivity index (χ3v) is 9.82. The van der Waals surface area contributed by atoms with Crippen LogP contribution >= 0.6 is 0 Å². The first-order valence-electron chi connectivity index (χ1n) is 18.9. The molecule has 18 nitrogen and oxygen atoms in total. The Kier molecular flexibility index (Phi) is 21.7. The maximum atomic E-state index is 13.9. The number of aliphatic hydroxyl groups excluding tert-OH is 1. The molecule has 0 aromatic heterocycles. The van der Waals surface area contributed by atoms with Crippen molar-refractivity contribution in [3.8, 4) is 0 Å². The van der Waals surface area contributed by atoms with Crippen molar-refractivity contribution in [2.75, 3.05) is 26.2 Å². The zero-order chi connectivity index (χ0) is 40.2. The van der Waals surface area contributed by atoms with Crippen LogP contribution in [0.5, 0.6) is 0 Å². The quantitative estimate of drug-likeness (QED) is 0.0461. The number of carboxylic acid groups (broad SMARTS) is 1. The van der Waals surface area contributed by atoms with Gasteiger partial charge in [0.2, 0.25) is 35.4 Å². The molecule has 1 saturated heterocycles. The first-order chi connectivity index (χ1) is 25.0. The first kappa shape index (κ1) is 47.2. The molecule has 18 heteroatoms. The van der Waals surface area contributed by atoms with E-state index < -0.39 is 90.3 Å². The Balaban J connectivity index is 3.06. The minimum absolute atomic E-state index is 0.177. The molecule has 0 saturated carbocycles. The van der Waals surface area contributed by atoms with E-state index in [9.17, 15) is 43.8 Å². The van der Waals surface area contributed by atoms with Gasteiger partial charge in [0.15, 0.2) is 0 Å². The van der Waals surface area contributed by atoms with Gasteiger partial charge in [-0.15, -0.1) is 0 Å². The van der Waals surface area contributed by atoms with Gasteiger partial charge in [-0.2, -0.15) is 0 Å². The topological polar surface area (TPSA) is 301 Å². The second kappa shape index (κ2) is 24.4. The second-order valence-corrected chi connectivity index (χ2v) is 14.0. The van der Waals surface area contributed by atoms with Crippen LogP contribution in [0.25, 0.3) is 0 Å². The molecule has 13 N–H and O–H groups in total. The first-order valence-corrected chi connectivity index (χ1v) is 18.9. The van der Waals surface area contributed by atoms with Crippen LogP contribution in [0.1, 0.15) is 98.8 Å². The van der Waals surface area contributed by atoms with Crippen molar-refractivity contribution in [1.82, 2.24) is 31.5 Å². The van der Waals surface area contributed by atoms with Crippen molar-refractivity contribution in [2.45, 2.75) is 141 Å². The van der Waals surface area contributed by atoms with Crippen LogP contribution in [0.2, 0.25) is 0 Å². The van der Waals surface area contributed by atoms with E-state index >= 15 is 0 Å². The molecule has 1 fully saturated rings. The standard InChI is InChI=1S/C35H65N9O9/c1-6-20(3)27(38)31(48)43-29(22(5)45)32(49)39-19-26(46)40-23(13-8-10-16-36)34(51)44-18-12-15-25(44)30(47)42-28(21(4)7-2)33(50)41-24(35(52)53)14-9-11-17-37/h20-25,27-29,45H,6-19,36-38H2,1-5H3,(H,39,49)(H,40,46)(H,41,50)(H,42,47)(H,43,48)(H,52,53)/t20-,21-,22+,23-,24-,25-,27-,28-,29-/m0/s1. The molecule has 1 aliphatic heterocycles. The maximum absolute atomic E-state index is 13.9. The number of hydrogen-bond acceptors (Lipinski definition) is 11. The summed E-state index contributed by atoms with van der Waals surface area (Å²) < 4.78 is 0. The Bertz CT molecular complexity index is 1220. The lowest BCUT2D eigenvalue weighted by Gasteiger charge is -2.31. The lowest BCUT2D eigenvalue weighted by molar-refractivity contribution is -0.144. The number of unbranched alkanes of at least 4 members (excludes halogenated alkanes) is 2. The van der Waals surface area contributed by atoms with E-state index in [0.29, 0.717) is 64.5 Å². The summed E-state index contributed by atoms with van der Waals surface area (Å²) in [5, 5.41) is 32.6. The van der Waals surface area contributed by atoms with E-state index in [2.05, 4.69) is 26.6 Å². The van der Waals surface area contributed by atoms with Crippen LogP contribution < -0.4 is 43.8 Å². The van der Waals surface area contributed by atoms with Crippen LogP contribution in [0.4, 0.5) is 0 Å². The number of amides is 6. The fourth-order valence-electron chi connectivity index (χ4n) is 5.91. The van der Waals surface area contributed by atoms with Gasteiger partial charge in [0.05, 0.1) is 18.7 Å². The predicted molar refractivity (Wildman–Crippen MR) is 197 cm³/mol. The third-order valence-electron chi connectivity index (χ3n) is 9.82. The summed E-state index contributed by atoms with van der Waals surface area (Å²) in [5.74, 6) is -5.66. The second-order valence-electron chi connectivity index (χ2n) is 14.0. The van der Waals surface area contributed by atoms with Gasteiger partial charge in [-0.1, -0.05) is 40.5 Å². The number of aliphatic hydroxyl groups is 1. The van der Waals surface area contributed by atoms with Gasteiger partial charge < -0.3 is 58.9 Å². The summed E-state index contributed by atoms with van der Waals surface area (Å²) >= 11 is 0. The van der Waals surface area contributed by atoms with Crippen LogP contribution in [0, 0.1) is 11.8 Å². The molecule has 0 unspecified atom stereocenters. The summed E-state index contributed by atoms with van der Waals surface area (Å²) in [4.78, 5) is 92.6. The number of nitrogens with one attached hydrogen (secondary N) is 5. The SMILES string of the molecule is CC[C@H](C)[C@H](N)C(=O)N[C@H](C(=O)NCC(=O)N[C@@H](CCCCN)C(=O)N1CCC[C@H]1C(=O)N[C@H](C(=O)N[C@@H](CCCCN)C(=O)O)[C@@H](C)CC)[C@@H](C)O. The van der Waals surface area contributed by atoms with Crippen molar-refractivity contribution in [3.05, 3.63) is 0 Å². The van der Waals surface area contributed by atoms with E-state index in [-0.39, 0.29) is 31.2 Å². The van der Waals surface area contributed by atoms with Crippen LogP contribution in [-0.4, -0.2) is 125 Å². The van der Waals surface area contributed by atoms with Crippen LogP contribution in [-0.2, 0) is 33.6 Å². The molecule has 0 radical (unpaired) electrons. The minimum atomic E-state index is -1.39. The number of aliphatic carboxylic acids is 1. The Hall–Kier alpha value is -3.87. The molecule has 0 aliphatic carbocycles. The number of carbonyl (C=O) groups is 7. The Morgan fingerprint density at radius 1 is 0.755 bits per heavy atom. The van der Waals surface area contributed by atoms with Gasteiger partial charge >= 0.3 is 5.97 Å². The van der Waals surface area contributed by atoms with Gasteiger partial charge in [-0.25, -0.2) is 4.79 Å². The lowest BCUT2D eigenvalue weighted by Crippen LogP contribution is -2.59. The van der Waals surface area contributed by atoms with Crippen LogP contribution in [0.3, 0.4) is 0 Å². The van der Waals surface area contributed by atoms with Crippen molar-refractivity contribution in [3.63, 3.8) is 0 Å². The minimum Gasteiger partial charge on any atom is -0.480 e. The number of nitrogens with zero attached hydrogens (tertiary/aromatic N) is 1. The molecule has 0 aromatic carbocycles. The van der Waals surface area contributed by atoms with E-state index in [1.807, 2.05) is 13.8 Å². The number of carboxylic acids is 1. The lowest BCUT2D eigenvalue weighted by atomic mass is 9.97. The van der Waals surface area contributed by atoms with Gasteiger partial charge in [0.25, 0.3) is 0 Å². The Labute approximate surface area is 312 Å². The van der Waals surface area contributed by atoms with Crippen molar-refractivity contribution in [1.29, 1.82) is 0 Å². The highest BCUT2D eigenvalue weighted by molar-refractivity contribution is 5.96. The molecule has 6 amide bonds. The van der Waals surface area contributed by atoms with Gasteiger partial charge in [0.1, 0.15) is 30.2 Å². The normalized spacial score (nSPS) is 18.7. The molecule has 0 aromatic rings. The highest BCUT2D eigenvalue weighted by atomic mass is 16.4. The highest BCUT2D eigenvalue weighted by Gasteiger charge is 2.40. The molecular weight excluding hydrogens is 690 g/mol. The number of hydrogen-bond donors (Lipinski definition) is 10. The Morgan fingerprint density at radius 2 is 1.34 bits per heavy atom. The molecule has 1 aliphatic rings. The fraction of sp³-hybridized carbons (Fsp3) is 0.800. The van der Waals surface area contributed by atoms with Crippen molar-refractivity contribution in [2.24, 2.45) is 29.0 Å². The fourth-order valence-corrected chi connectivity index (χ4v) is 5.91. The smallest absolute Gasteiger partial charge is 0.326 e. The summed E-state index contributed by atoms with van der Waals surface area (Å²) in [6.45, 7) is 8.92. The molecule has 1 rings (SSSR count). The molecule has 1 heterocycles. The zero-order valence-electron chi connectivity index (χ0n) is 32.0. The van der Waals surface area contributed by atoms with E-state index in [1.54, 1.807) is 13.8 Å². The zero-order valence-corrected chi connectivity index (χ0v) is 32.0. The van der Waals surface area contributed by atoms with Crippen molar-refractivity contribution >= 4 is 41.4 Å². The monoisotopic (exact) mass is 755 g/mol. The molecular formula is C35H65N9O9. The summed E-state index contributed by atoms with van der Waals surface area (Å²) in [6.07, 6.45) is 3.10. The Morgan fingerprint density at radius 3 is 1.87 bits per heavy atom. The molecule has 0 bridgehead atoms. The predicted octanol–water partition coefficient (Wildman–Crippen LogP) is -1.82. The number of nitrogens with two attached hydrogens (primary N) is 3. The van der Waals surface area contributed by atoms with Gasteiger partial charge in [-0.05, 0) is 83.2 Å². The molecule has 53 heavy (non-hydrogen) atoms. The third kappa shape index (κ3) is 15.6. The number of carbonyl (C=O) groups excluding carboxylic acids is 6. The number of rotatable bonds is 25. The highest BCUT2D eigenvalue weighted by Crippen LogP contribution is 2.21. The average molecular weight is 756 g/mol. The summed E-state index contributed by atoms with van der Waals surface area (Å²) in [5.41, 5.74) is 17.1. The van der Waals surface area contributed by atoms with E-state index in [0.717, 1.165) is 0 Å². The van der Waals surface area contributed by atoms with Gasteiger partial charge in [-0.3, -0.25) is 28.8 Å². The molecule has 0 spiro atoms. The van der Waals surface area contributed by atoms with Crippen LogP contribution in [0.15, 0.2) is 0 Å². The van der Waals surface area contributed by atoms with Crippen molar-refractivity contribution < 1.29 is 43.8 Å². The molecule has 9 atom stereocenters. The maximum Gasteiger partial charge on any atom is 0.326 e. The summed E-state index contributed by atoms with van der Waals surface area (Å²) in [6, 6.07) is -6.54. The molecule has 304 valence electrons. The van der Waals surface area contributed by atoms with E-state index in [4.69, 9.17) is 17.2 Å². The number of likely N-dealkylation sites (tertiary alicyclic amines) is 1. The summed E-state index contributed by atoms with van der Waals surface area (Å²) in [7, 11) is 0. The van der Waals surface area contributed by atoms with Gasteiger partial charge in [0, 0.05) is 6.54 Å². The largest absolute Gasteiger partial charge is 0.480 e.